The third kappa shape index (κ3) is 6.03. The Morgan fingerprint density at radius 1 is 1.15 bits per heavy atom. The van der Waals surface area contributed by atoms with Crippen molar-refractivity contribution in [3.05, 3.63) is 29.8 Å². The first-order chi connectivity index (χ1) is 9.45. The third-order valence-electron chi connectivity index (χ3n) is 3.24. The second-order valence-corrected chi connectivity index (χ2v) is 7.14. The molecule has 0 fully saturated rings. The van der Waals surface area contributed by atoms with Crippen LogP contribution in [0.5, 0.6) is 0 Å². The lowest BCUT2D eigenvalue weighted by molar-refractivity contribution is 0.174. The van der Waals surface area contributed by atoms with Crippen LogP contribution >= 0.6 is 0 Å². The summed E-state index contributed by atoms with van der Waals surface area (Å²) in [5, 5.41) is 13.2. The van der Waals surface area contributed by atoms with E-state index in [4.69, 9.17) is 0 Å². The Morgan fingerprint density at radius 3 is 2.35 bits per heavy atom. The van der Waals surface area contributed by atoms with Crippen molar-refractivity contribution >= 4 is 9.84 Å². The van der Waals surface area contributed by atoms with Crippen LogP contribution in [0.25, 0.3) is 0 Å². The smallest absolute Gasteiger partial charge is 0.175 e. The first-order valence-corrected chi connectivity index (χ1v) is 9.03. The van der Waals surface area contributed by atoms with Crippen LogP contribution in [-0.2, 0) is 9.84 Å². The van der Waals surface area contributed by atoms with Crippen LogP contribution in [0.15, 0.2) is 29.2 Å². The molecule has 2 N–H and O–H groups in total. The highest BCUT2D eigenvalue weighted by atomic mass is 32.2. The van der Waals surface area contributed by atoms with E-state index in [-0.39, 0.29) is 4.90 Å². The fourth-order valence-corrected chi connectivity index (χ4v) is 2.60. The average Bonchev–Trinajstić information content (AvgIpc) is 2.41. The van der Waals surface area contributed by atoms with E-state index in [1.54, 1.807) is 12.1 Å². The van der Waals surface area contributed by atoms with Gasteiger partial charge in [0.2, 0.25) is 0 Å². The third-order valence-corrected chi connectivity index (χ3v) is 4.37. The quantitative estimate of drug-likeness (QED) is 0.687. The minimum Gasteiger partial charge on any atom is -0.387 e. The van der Waals surface area contributed by atoms with E-state index < -0.39 is 15.9 Å². The molecule has 0 saturated heterocycles. The predicted octanol–water partition coefficient (Wildman–Crippen LogP) is 2.29. The van der Waals surface area contributed by atoms with Crippen molar-refractivity contribution in [3.8, 4) is 0 Å². The highest BCUT2D eigenvalue weighted by Crippen LogP contribution is 2.16. The Bertz CT molecular complexity index is 482. The van der Waals surface area contributed by atoms with Gasteiger partial charge in [-0.25, -0.2) is 8.42 Å². The van der Waals surface area contributed by atoms with Crippen molar-refractivity contribution in [2.24, 2.45) is 0 Å². The summed E-state index contributed by atoms with van der Waals surface area (Å²) < 4.78 is 22.7. The first-order valence-electron chi connectivity index (χ1n) is 7.14. The molecule has 0 aliphatic heterocycles. The zero-order valence-corrected chi connectivity index (χ0v) is 13.1. The predicted molar refractivity (Wildman–Crippen MR) is 81.5 cm³/mol. The van der Waals surface area contributed by atoms with Crippen LogP contribution in [0.4, 0.5) is 0 Å². The van der Waals surface area contributed by atoms with Gasteiger partial charge in [0.1, 0.15) is 0 Å². The Morgan fingerprint density at radius 2 is 1.80 bits per heavy atom. The van der Waals surface area contributed by atoms with Crippen LogP contribution < -0.4 is 5.32 Å². The van der Waals surface area contributed by atoms with Gasteiger partial charge in [0, 0.05) is 12.8 Å². The molecule has 0 radical (unpaired) electrons. The molecule has 5 heteroatoms. The highest BCUT2D eigenvalue weighted by molar-refractivity contribution is 7.90. The van der Waals surface area contributed by atoms with E-state index in [9.17, 15) is 13.5 Å². The largest absolute Gasteiger partial charge is 0.387 e. The van der Waals surface area contributed by atoms with Gasteiger partial charge in [-0.05, 0) is 30.7 Å². The maximum Gasteiger partial charge on any atom is 0.175 e. The number of rotatable bonds is 9. The maximum atomic E-state index is 11.3. The monoisotopic (exact) mass is 299 g/mol. The van der Waals surface area contributed by atoms with E-state index in [1.165, 1.54) is 37.7 Å². The standard InChI is InChI=1S/C15H25NO3S/c1-3-4-5-6-11-16-12-15(17)13-7-9-14(10-8-13)20(2,18)19/h7-10,15-17H,3-6,11-12H2,1-2H3. The Balaban J connectivity index is 2.38. The minimum atomic E-state index is -3.17. The zero-order chi connectivity index (χ0) is 15.0. The van der Waals surface area contributed by atoms with Crippen LogP contribution in [0, 0.1) is 0 Å². The number of nitrogens with one attached hydrogen (secondary N) is 1. The van der Waals surface area contributed by atoms with Crippen molar-refractivity contribution in [2.75, 3.05) is 19.3 Å². The normalized spacial score (nSPS) is 13.3. The van der Waals surface area contributed by atoms with Gasteiger partial charge in [0.25, 0.3) is 0 Å². The second-order valence-electron chi connectivity index (χ2n) is 5.12. The van der Waals surface area contributed by atoms with Crippen LogP contribution in [0.1, 0.15) is 44.3 Å². The molecule has 0 aliphatic rings. The van der Waals surface area contributed by atoms with Gasteiger partial charge >= 0.3 is 0 Å². The molecule has 1 aromatic rings. The molecular weight excluding hydrogens is 274 g/mol. The molecule has 20 heavy (non-hydrogen) atoms. The van der Waals surface area contributed by atoms with Gasteiger partial charge in [-0.1, -0.05) is 38.3 Å². The Hall–Kier alpha value is -0.910. The zero-order valence-electron chi connectivity index (χ0n) is 12.3. The Labute approximate surface area is 122 Å². The highest BCUT2D eigenvalue weighted by Gasteiger charge is 2.10. The molecule has 0 aromatic heterocycles. The number of aliphatic hydroxyl groups is 1. The van der Waals surface area contributed by atoms with Gasteiger partial charge in [-0.2, -0.15) is 0 Å². The second kappa shape index (κ2) is 8.39. The van der Waals surface area contributed by atoms with Gasteiger partial charge in [0.05, 0.1) is 11.0 Å². The lowest BCUT2D eigenvalue weighted by Gasteiger charge is -2.12. The van der Waals surface area contributed by atoms with E-state index in [1.807, 2.05) is 0 Å². The number of benzene rings is 1. The number of hydrogen-bond acceptors (Lipinski definition) is 4. The molecule has 4 nitrogen and oxygen atoms in total. The molecule has 0 bridgehead atoms. The van der Waals surface area contributed by atoms with Gasteiger partial charge in [-0.3, -0.25) is 0 Å². The summed E-state index contributed by atoms with van der Waals surface area (Å²) in [6, 6.07) is 6.41. The summed E-state index contributed by atoms with van der Waals surface area (Å²) in [5.41, 5.74) is 0.735. The van der Waals surface area contributed by atoms with Crippen LogP contribution in [0.3, 0.4) is 0 Å². The average molecular weight is 299 g/mol. The number of unbranched alkanes of at least 4 members (excludes halogenated alkanes) is 3. The molecule has 1 atom stereocenters. The molecule has 0 aliphatic carbocycles. The lowest BCUT2D eigenvalue weighted by atomic mass is 10.1. The lowest BCUT2D eigenvalue weighted by Crippen LogP contribution is -2.22. The van der Waals surface area contributed by atoms with Gasteiger partial charge in [0.15, 0.2) is 9.84 Å². The first kappa shape index (κ1) is 17.1. The fourth-order valence-electron chi connectivity index (χ4n) is 1.97. The Kier molecular flexibility index (Phi) is 7.19. The number of aliphatic hydroxyl groups excluding tert-OH is 1. The van der Waals surface area contributed by atoms with E-state index in [2.05, 4.69) is 12.2 Å². The van der Waals surface area contributed by atoms with Crippen molar-refractivity contribution in [1.29, 1.82) is 0 Å². The molecule has 0 heterocycles. The van der Waals surface area contributed by atoms with Crippen LogP contribution in [-0.4, -0.2) is 32.9 Å². The van der Waals surface area contributed by atoms with Crippen molar-refractivity contribution in [3.63, 3.8) is 0 Å². The SMILES string of the molecule is CCCCCCNCC(O)c1ccc(S(C)(=O)=O)cc1. The van der Waals surface area contributed by atoms with Gasteiger partial charge in [-0.15, -0.1) is 0 Å². The summed E-state index contributed by atoms with van der Waals surface area (Å²) in [4.78, 5) is 0.279. The summed E-state index contributed by atoms with van der Waals surface area (Å²) in [7, 11) is -3.17. The molecule has 0 saturated carbocycles. The fraction of sp³-hybridized carbons (Fsp3) is 0.600. The van der Waals surface area contributed by atoms with E-state index in [0.29, 0.717) is 6.54 Å². The molecule has 114 valence electrons. The molecule has 1 rings (SSSR count). The summed E-state index contributed by atoms with van der Waals surface area (Å²) >= 11 is 0. The topological polar surface area (TPSA) is 66.4 Å². The summed E-state index contributed by atoms with van der Waals surface area (Å²) in [5.74, 6) is 0. The molecule has 0 amide bonds. The maximum absolute atomic E-state index is 11.3. The molecule has 1 aromatic carbocycles. The van der Waals surface area contributed by atoms with Crippen molar-refractivity contribution in [2.45, 2.75) is 43.6 Å². The van der Waals surface area contributed by atoms with E-state index in [0.717, 1.165) is 18.5 Å². The molecular formula is C15H25NO3S. The van der Waals surface area contributed by atoms with Crippen LogP contribution in [0.2, 0.25) is 0 Å². The molecule has 1 unspecified atom stereocenters. The minimum absolute atomic E-state index is 0.279. The van der Waals surface area contributed by atoms with Crippen molar-refractivity contribution < 1.29 is 13.5 Å². The summed E-state index contributed by atoms with van der Waals surface area (Å²) in [6.07, 6.45) is 5.37. The van der Waals surface area contributed by atoms with E-state index >= 15 is 0 Å². The van der Waals surface area contributed by atoms with Crippen molar-refractivity contribution in [1.82, 2.24) is 5.32 Å². The summed E-state index contributed by atoms with van der Waals surface area (Å²) in [6.45, 7) is 3.57. The van der Waals surface area contributed by atoms with Gasteiger partial charge < -0.3 is 10.4 Å². The number of hydrogen-bond donors (Lipinski definition) is 2. The molecule has 0 spiro atoms. The number of sulfone groups is 1.